The number of aromatic nitrogens is 2. The summed E-state index contributed by atoms with van der Waals surface area (Å²) in [5, 5.41) is 13.2. The summed E-state index contributed by atoms with van der Waals surface area (Å²) in [4.78, 5) is 0. The van der Waals surface area contributed by atoms with Crippen LogP contribution in [-0.4, -0.2) is 46.8 Å². The van der Waals surface area contributed by atoms with E-state index in [0.29, 0.717) is 0 Å². The number of nitrogens with zero attached hydrogens (tertiary/aromatic N) is 3. The molecule has 1 aliphatic carbocycles. The highest BCUT2D eigenvalue weighted by Crippen LogP contribution is 2.30. The predicted octanol–water partition coefficient (Wildman–Crippen LogP) is 1.39. The summed E-state index contributed by atoms with van der Waals surface area (Å²) in [6.07, 6.45) is 6.15. The van der Waals surface area contributed by atoms with Gasteiger partial charge < -0.3 is 5.11 Å². The third kappa shape index (κ3) is 3.00. The van der Waals surface area contributed by atoms with E-state index in [4.69, 9.17) is 11.6 Å². The average Bonchev–Trinajstić information content (AvgIpc) is 2.77. The van der Waals surface area contributed by atoms with Gasteiger partial charge in [0.15, 0.2) is 5.03 Å². The number of aryl methyl sites for hydroxylation is 1. The second-order valence-electron chi connectivity index (χ2n) is 5.05. The lowest BCUT2D eigenvalue weighted by molar-refractivity contribution is 0.198. The van der Waals surface area contributed by atoms with Crippen molar-refractivity contribution >= 4 is 21.6 Å². The second-order valence-corrected chi connectivity index (χ2v) is 7.27. The first kappa shape index (κ1) is 15.8. The third-order valence-electron chi connectivity index (χ3n) is 3.70. The van der Waals surface area contributed by atoms with E-state index in [-0.39, 0.29) is 29.2 Å². The molecule has 1 fully saturated rings. The van der Waals surface area contributed by atoms with Crippen molar-refractivity contribution in [2.75, 3.05) is 13.2 Å². The van der Waals surface area contributed by atoms with Crippen molar-refractivity contribution < 1.29 is 13.5 Å². The van der Waals surface area contributed by atoms with Crippen molar-refractivity contribution in [1.82, 2.24) is 14.1 Å². The van der Waals surface area contributed by atoms with Gasteiger partial charge in [-0.1, -0.05) is 30.9 Å². The van der Waals surface area contributed by atoms with Crippen molar-refractivity contribution in [3.63, 3.8) is 0 Å². The van der Waals surface area contributed by atoms with Crippen LogP contribution in [0.5, 0.6) is 0 Å². The zero-order chi connectivity index (χ0) is 14.8. The molecule has 1 N–H and O–H groups in total. The molecule has 0 unspecified atom stereocenters. The zero-order valence-corrected chi connectivity index (χ0v) is 13.1. The molecule has 1 saturated carbocycles. The standard InChI is InChI=1S/C12H20ClN3O3S/c1-15-12(11(13)9-14-15)20(18,19)16(7-8-17)10-5-3-2-4-6-10/h9-10,17H,2-8H2,1H3. The maximum Gasteiger partial charge on any atom is 0.262 e. The van der Waals surface area contributed by atoms with Crippen LogP contribution in [0.2, 0.25) is 5.02 Å². The summed E-state index contributed by atoms with van der Waals surface area (Å²) in [5.74, 6) is 0. The Labute approximate surface area is 124 Å². The van der Waals surface area contributed by atoms with Crippen LogP contribution in [0.25, 0.3) is 0 Å². The lowest BCUT2D eigenvalue weighted by Crippen LogP contribution is -2.43. The summed E-state index contributed by atoms with van der Waals surface area (Å²) in [5.41, 5.74) is 0. The minimum Gasteiger partial charge on any atom is -0.395 e. The van der Waals surface area contributed by atoms with E-state index in [1.165, 1.54) is 15.2 Å². The van der Waals surface area contributed by atoms with Crippen LogP contribution in [0.15, 0.2) is 11.2 Å². The highest BCUT2D eigenvalue weighted by atomic mass is 35.5. The summed E-state index contributed by atoms with van der Waals surface area (Å²) >= 11 is 5.96. The van der Waals surface area contributed by atoms with Crippen molar-refractivity contribution in [2.24, 2.45) is 7.05 Å². The van der Waals surface area contributed by atoms with Gasteiger partial charge in [-0.25, -0.2) is 8.42 Å². The number of sulfonamides is 1. The first-order valence-electron chi connectivity index (χ1n) is 6.78. The molecule has 2 rings (SSSR count). The normalized spacial score (nSPS) is 17.8. The van der Waals surface area contributed by atoms with Crippen LogP contribution in [0.1, 0.15) is 32.1 Å². The van der Waals surface area contributed by atoms with Crippen LogP contribution < -0.4 is 0 Å². The summed E-state index contributed by atoms with van der Waals surface area (Å²) in [6, 6.07) is -0.0631. The molecule has 114 valence electrons. The highest BCUT2D eigenvalue weighted by molar-refractivity contribution is 7.89. The van der Waals surface area contributed by atoms with Crippen molar-refractivity contribution in [2.45, 2.75) is 43.2 Å². The largest absolute Gasteiger partial charge is 0.395 e. The summed E-state index contributed by atoms with van der Waals surface area (Å²) < 4.78 is 28.2. The first-order valence-corrected chi connectivity index (χ1v) is 8.60. The number of hydrogen-bond donors (Lipinski definition) is 1. The highest BCUT2D eigenvalue weighted by Gasteiger charge is 2.35. The quantitative estimate of drug-likeness (QED) is 0.889. The molecule has 8 heteroatoms. The maximum absolute atomic E-state index is 12.8. The Hall–Kier alpha value is -0.630. The van der Waals surface area contributed by atoms with Gasteiger partial charge in [-0.05, 0) is 12.8 Å². The molecule has 0 radical (unpaired) electrons. The monoisotopic (exact) mass is 321 g/mol. The molecule has 0 aromatic carbocycles. The van der Waals surface area contributed by atoms with Gasteiger partial charge in [-0.15, -0.1) is 0 Å². The zero-order valence-electron chi connectivity index (χ0n) is 11.5. The number of aliphatic hydroxyl groups is 1. The van der Waals surface area contributed by atoms with Crippen LogP contribution in [0, 0.1) is 0 Å². The molecule has 6 nitrogen and oxygen atoms in total. The Bertz CT molecular complexity index is 533. The van der Waals surface area contributed by atoms with E-state index >= 15 is 0 Å². The van der Waals surface area contributed by atoms with E-state index < -0.39 is 10.0 Å². The lowest BCUT2D eigenvalue weighted by atomic mass is 9.95. The van der Waals surface area contributed by atoms with E-state index in [2.05, 4.69) is 5.10 Å². The van der Waals surface area contributed by atoms with Gasteiger partial charge in [0.1, 0.15) is 0 Å². The Morgan fingerprint density at radius 2 is 2.10 bits per heavy atom. The van der Waals surface area contributed by atoms with Gasteiger partial charge in [0, 0.05) is 19.6 Å². The van der Waals surface area contributed by atoms with Crippen molar-refractivity contribution in [1.29, 1.82) is 0 Å². The van der Waals surface area contributed by atoms with Crippen molar-refractivity contribution in [3.8, 4) is 0 Å². The average molecular weight is 322 g/mol. The van der Waals surface area contributed by atoms with E-state index in [1.54, 1.807) is 7.05 Å². The number of aliphatic hydroxyl groups excluding tert-OH is 1. The Morgan fingerprint density at radius 1 is 1.45 bits per heavy atom. The molecule has 20 heavy (non-hydrogen) atoms. The molecule has 1 heterocycles. The molecular formula is C12H20ClN3O3S. The smallest absolute Gasteiger partial charge is 0.262 e. The topological polar surface area (TPSA) is 75.4 Å². The van der Waals surface area contributed by atoms with E-state index in [0.717, 1.165) is 32.1 Å². The molecule has 1 aromatic rings. The second kappa shape index (κ2) is 6.43. The first-order chi connectivity index (χ1) is 9.48. The van der Waals surface area contributed by atoms with Gasteiger partial charge in [0.05, 0.1) is 17.8 Å². The molecule has 0 spiro atoms. The number of halogens is 1. The van der Waals surface area contributed by atoms with E-state index in [1.807, 2.05) is 0 Å². The maximum atomic E-state index is 12.8. The van der Waals surface area contributed by atoms with Crippen LogP contribution in [0.3, 0.4) is 0 Å². The summed E-state index contributed by atoms with van der Waals surface area (Å²) in [6.45, 7) is -0.111. The number of rotatable bonds is 5. The molecule has 0 atom stereocenters. The Balaban J connectivity index is 2.36. The minimum atomic E-state index is -3.74. The molecule has 0 bridgehead atoms. The molecule has 0 amide bonds. The third-order valence-corrected chi connectivity index (χ3v) is 6.16. The van der Waals surface area contributed by atoms with Crippen molar-refractivity contribution in [3.05, 3.63) is 11.2 Å². The molecule has 0 aliphatic heterocycles. The van der Waals surface area contributed by atoms with Gasteiger partial charge in [-0.2, -0.15) is 9.40 Å². The minimum absolute atomic E-state index is 0.00168. The van der Waals surface area contributed by atoms with Gasteiger partial charge in [0.2, 0.25) is 0 Å². The molecule has 1 aromatic heterocycles. The Kier molecular flexibility index (Phi) is 5.06. The van der Waals surface area contributed by atoms with Crippen LogP contribution in [-0.2, 0) is 17.1 Å². The molecule has 1 aliphatic rings. The fourth-order valence-electron chi connectivity index (χ4n) is 2.77. The van der Waals surface area contributed by atoms with Gasteiger partial charge in [0.25, 0.3) is 10.0 Å². The summed E-state index contributed by atoms with van der Waals surface area (Å²) in [7, 11) is -2.19. The fraction of sp³-hybridized carbons (Fsp3) is 0.750. The lowest BCUT2D eigenvalue weighted by Gasteiger charge is -2.32. The SMILES string of the molecule is Cn1ncc(Cl)c1S(=O)(=O)N(CCO)C1CCCCC1. The predicted molar refractivity (Wildman–Crippen MR) is 76.1 cm³/mol. The van der Waals surface area contributed by atoms with Crippen LogP contribution in [0.4, 0.5) is 0 Å². The van der Waals surface area contributed by atoms with Gasteiger partial charge >= 0.3 is 0 Å². The number of hydrogen-bond acceptors (Lipinski definition) is 4. The van der Waals surface area contributed by atoms with E-state index in [9.17, 15) is 13.5 Å². The fourth-order valence-corrected chi connectivity index (χ4v) is 5.05. The Morgan fingerprint density at radius 3 is 2.60 bits per heavy atom. The molecular weight excluding hydrogens is 302 g/mol. The van der Waals surface area contributed by atoms with Gasteiger partial charge in [-0.3, -0.25) is 4.68 Å². The van der Waals surface area contributed by atoms with Crippen LogP contribution >= 0.6 is 11.6 Å². The molecule has 0 saturated heterocycles.